The maximum atomic E-state index is 10.9. The van der Waals surface area contributed by atoms with Crippen LogP contribution in [0.2, 0.25) is 0 Å². The van der Waals surface area contributed by atoms with E-state index in [-0.39, 0.29) is 0 Å². The van der Waals surface area contributed by atoms with Crippen molar-refractivity contribution < 1.29 is 64.6 Å². The Morgan fingerprint density at radius 2 is 1.29 bits per heavy atom. The van der Waals surface area contributed by atoms with E-state index in [1.165, 1.54) is 5.57 Å². The molecule has 45 heavy (non-hydrogen) atoms. The smallest absolute Gasteiger partial charge is 0.330 e. The number of aliphatic carboxylic acids is 1. The number of ether oxygens (including phenoxy) is 4. The number of rotatable bonds is 17. The fourth-order valence-electron chi connectivity index (χ4n) is 5.06. The molecule has 0 radical (unpaired) electrons. The summed E-state index contributed by atoms with van der Waals surface area (Å²) in [6.07, 6.45) is -3.68. The molecular weight excluding hydrogens is 592 g/mol. The van der Waals surface area contributed by atoms with Crippen molar-refractivity contribution in [1.29, 1.82) is 0 Å². The molecule has 13 nitrogen and oxygen atoms in total. The molecule has 2 fully saturated rings. The molecule has 0 aliphatic carbocycles. The lowest BCUT2D eigenvalue weighted by atomic mass is 9.95. The summed E-state index contributed by atoms with van der Waals surface area (Å²) in [6, 6.07) is 0. The minimum Gasteiger partial charge on any atom is -0.478 e. The van der Waals surface area contributed by atoms with Gasteiger partial charge < -0.3 is 59.8 Å². The van der Waals surface area contributed by atoms with Gasteiger partial charge in [0.25, 0.3) is 0 Å². The predicted molar refractivity (Wildman–Crippen MR) is 163 cm³/mol. The van der Waals surface area contributed by atoms with Crippen molar-refractivity contribution in [3.8, 4) is 0 Å². The summed E-state index contributed by atoms with van der Waals surface area (Å²) in [5, 5.41) is 80.3. The van der Waals surface area contributed by atoms with Gasteiger partial charge in [0, 0.05) is 5.57 Å². The molecule has 0 unspecified atom stereocenters. The minimum absolute atomic E-state index is 0.339. The van der Waals surface area contributed by atoms with Gasteiger partial charge in [-0.1, -0.05) is 35.5 Å². The predicted octanol–water partition coefficient (Wildman–Crippen LogP) is 0.836. The van der Waals surface area contributed by atoms with Gasteiger partial charge in [-0.25, -0.2) is 4.79 Å². The molecule has 11 atom stereocenters. The number of carboxylic acid groups (broad SMARTS) is 1. The Balaban J connectivity index is 2.04. The van der Waals surface area contributed by atoms with Gasteiger partial charge in [0.15, 0.2) is 12.6 Å². The van der Waals surface area contributed by atoms with Crippen LogP contribution in [0.1, 0.15) is 66.2 Å². The maximum absolute atomic E-state index is 10.9. The van der Waals surface area contributed by atoms with Gasteiger partial charge >= 0.3 is 5.97 Å². The number of aliphatic hydroxyl groups is 7. The van der Waals surface area contributed by atoms with Crippen LogP contribution in [-0.2, 0) is 23.7 Å². The summed E-state index contributed by atoms with van der Waals surface area (Å²) in [5.41, 5.74) is 1.65. The molecule has 0 amide bonds. The lowest BCUT2D eigenvalue weighted by molar-refractivity contribution is -0.375. The largest absolute Gasteiger partial charge is 0.478 e. The van der Waals surface area contributed by atoms with E-state index in [4.69, 9.17) is 24.1 Å². The van der Waals surface area contributed by atoms with Crippen molar-refractivity contribution in [2.24, 2.45) is 0 Å². The van der Waals surface area contributed by atoms with Crippen molar-refractivity contribution in [2.75, 3.05) is 13.2 Å². The van der Waals surface area contributed by atoms with Gasteiger partial charge in [-0.2, -0.15) is 0 Å². The third kappa shape index (κ3) is 11.3. The third-order valence-electron chi connectivity index (χ3n) is 8.27. The minimum atomic E-state index is -1.76. The Morgan fingerprint density at radius 1 is 0.778 bits per heavy atom. The summed E-state index contributed by atoms with van der Waals surface area (Å²) in [6.45, 7) is 9.92. The third-order valence-corrected chi connectivity index (χ3v) is 8.27. The van der Waals surface area contributed by atoms with Crippen LogP contribution in [0.3, 0.4) is 0 Å². The first kappa shape index (κ1) is 39.2. The number of aliphatic hydroxyl groups excluding tert-OH is 7. The highest BCUT2D eigenvalue weighted by atomic mass is 16.8. The van der Waals surface area contributed by atoms with Crippen LogP contribution < -0.4 is 0 Å². The summed E-state index contributed by atoms with van der Waals surface area (Å²) >= 11 is 0. The quantitative estimate of drug-likeness (QED) is 0.0815. The monoisotopic (exact) mass is 644 g/mol. The zero-order valence-electron chi connectivity index (χ0n) is 26.6. The Labute approximate surface area is 264 Å². The average molecular weight is 645 g/mol. The highest BCUT2D eigenvalue weighted by Gasteiger charge is 2.51. The van der Waals surface area contributed by atoms with E-state index in [1.807, 2.05) is 13.8 Å². The van der Waals surface area contributed by atoms with Gasteiger partial charge in [0.2, 0.25) is 0 Å². The van der Waals surface area contributed by atoms with E-state index in [2.05, 4.69) is 18.7 Å². The van der Waals surface area contributed by atoms with Crippen LogP contribution in [0, 0.1) is 0 Å². The molecule has 2 rings (SSSR count). The van der Waals surface area contributed by atoms with Crippen molar-refractivity contribution in [3.63, 3.8) is 0 Å². The van der Waals surface area contributed by atoms with Crippen LogP contribution in [0.25, 0.3) is 0 Å². The Kier molecular flexibility index (Phi) is 16.0. The summed E-state index contributed by atoms with van der Waals surface area (Å²) in [7, 11) is 0. The van der Waals surface area contributed by atoms with E-state index in [1.54, 1.807) is 26.0 Å². The molecule has 0 aromatic carbocycles. The highest BCUT2D eigenvalue weighted by Crippen LogP contribution is 2.33. The second kappa shape index (κ2) is 18.4. The highest BCUT2D eigenvalue weighted by molar-refractivity contribution is 5.85. The standard InChI is InChI=1S/C32H52O13/c1-6-32(5,15-9-13-19(3)11-7-10-18(2)12-8-14-20(4)29(40)41)45-31-28(26(38)24(36)22(17-34)43-31)44-30-27(39)25(37)23(35)21(16-33)42-30/h6,10,13-14,21-28,30-31,33-39H,1,7-9,11-12,15-17H2,2-5H3,(H,40,41)/b18-10+,19-13+,20-14+/t21-,22-,23-,24-,25+,26+,27-,28-,30+,31+,32-/m1/s1. The van der Waals surface area contributed by atoms with Crippen molar-refractivity contribution in [3.05, 3.63) is 47.6 Å². The van der Waals surface area contributed by atoms with Gasteiger partial charge in [-0.15, -0.1) is 6.58 Å². The van der Waals surface area contributed by atoms with Crippen LogP contribution in [0.4, 0.5) is 0 Å². The molecular formula is C32H52O13. The number of allylic oxidation sites excluding steroid dienone is 5. The van der Waals surface area contributed by atoms with Crippen LogP contribution in [0.15, 0.2) is 47.6 Å². The first-order chi connectivity index (χ1) is 21.2. The van der Waals surface area contributed by atoms with Crippen LogP contribution in [0.5, 0.6) is 0 Å². The number of hydrogen-bond acceptors (Lipinski definition) is 12. The number of carbonyl (C=O) groups is 1. The summed E-state index contributed by atoms with van der Waals surface area (Å²) in [5.74, 6) is -0.909. The second-order valence-electron chi connectivity index (χ2n) is 12.0. The topological polar surface area (TPSA) is 216 Å². The molecule has 13 heteroatoms. The lowest BCUT2D eigenvalue weighted by Gasteiger charge is -2.47. The zero-order chi connectivity index (χ0) is 33.9. The van der Waals surface area contributed by atoms with Gasteiger partial charge in [-0.3, -0.25) is 0 Å². The Hall–Kier alpha value is -2.01. The fourth-order valence-corrected chi connectivity index (χ4v) is 5.06. The molecule has 0 bridgehead atoms. The SMILES string of the molecule is C=C[C@](C)(CC/C=C(\C)CC/C=C(\C)CC/C=C(\C)C(=O)O)O[C@@H]1O[C@H](CO)[C@@H](O)[C@H](O)[C@H]1O[C@@H]1O[C@H](CO)[C@@H](O)[C@H](O)[C@H]1O. The normalized spacial score (nSPS) is 34.8. The molecule has 2 heterocycles. The van der Waals surface area contributed by atoms with Crippen molar-refractivity contribution in [1.82, 2.24) is 0 Å². The molecule has 8 N–H and O–H groups in total. The van der Waals surface area contributed by atoms with E-state index in [0.29, 0.717) is 24.8 Å². The first-order valence-corrected chi connectivity index (χ1v) is 15.3. The summed E-state index contributed by atoms with van der Waals surface area (Å²) < 4.78 is 23.1. The van der Waals surface area contributed by atoms with Crippen molar-refractivity contribution in [2.45, 2.75) is 133 Å². The molecule has 2 aliphatic heterocycles. The van der Waals surface area contributed by atoms with Crippen LogP contribution >= 0.6 is 0 Å². The fraction of sp³-hybridized carbons (Fsp3) is 0.719. The summed E-state index contributed by atoms with van der Waals surface area (Å²) in [4.78, 5) is 10.9. The number of carboxylic acids is 1. The second-order valence-corrected chi connectivity index (χ2v) is 12.0. The molecule has 2 saturated heterocycles. The number of hydrogen-bond donors (Lipinski definition) is 8. The van der Waals surface area contributed by atoms with Gasteiger partial charge in [-0.05, 0) is 66.2 Å². The Morgan fingerprint density at radius 3 is 1.82 bits per heavy atom. The van der Waals surface area contributed by atoms with Crippen molar-refractivity contribution >= 4 is 5.97 Å². The van der Waals surface area contributed by atoms with Gasteiger partial charge in [0.1, 0.15) is 48.8 Å². The van der Waals surface area contributed by atoms with E-state index in [0.717, 1.165) is 24.8 Å². The average Bonchev–Trinajstić information content (AvgIpc) is 3.00. The molecule has 0 saturated carbocycles. The molecule has 0 spiro atoms. The Bertz CT molecular complexity index is 1040. The zero-order valence-corrected chi connectivity index (χ0v) is 26.6. The molecule has 0 aromatic heterocycles. The molecule has 258 valence electrons. The lowest BCUT2D eigenvalue weighted by Crippen LogP contribution is -2.65. The van der Waals surface area contributed by atoms with Crippen LogP contribution in [-0.4, -0.2) is 127 Å². The molecule has 0 aromatic rings. The van der Waals surface area contributed by atoms with E-state index >= 15 is 0 Å². The van der Waals surface area contributed by atoms with E-state index < -0.39 is 86.2 Å². The first-order valence-electron chi connectivity index (χ1n) is 15.3. The van der Waals surface area contributed by atoms with Gasteiger partial charge in [0.05, 0.1) is 18.8 Å². The molecule has 2 aliphatic rings. The van der Waals surface area contributed by atoms with E-state index in [9.17, 15) is 40.5 Å². The maximum Gasteiger partial charge on any atom is 0.330 e.